The van der Waals surface area contributed by atoms with E-state index in [1.807, 2.05) is 73.6 Å². The first-order chi connectivity index (χ1) is 13.1. The molecule has 0 radical (unpaired) electrons. The summed E-state index contributed by atoms with van der Waals surface area (Å²) in [5, 5.41) is 3.88. The second kappa shape index (κ2) is 7.17. The van der Waals surface area contributed by atoms with Crippen molar-refractivity contribution >= 4 is 38.8 Å². The summed E-state index contributed by atoms with van der Waals surface area (Å²) in [6, 6.07) is 17.2. The lowest BCUT2D eigenvalue weighted by Crippen LogP contribution is -2.14. The highest BCUT2D eigenvalue weighted by molar-refractivity contribution is 7.21. The minimum absolute atomic E-state index is 0.127. The molecule has 27 heavy (non-hydrogen) atoms. The third kappa shape index (κ3) is 3.66. The van der Waals surface area contributed by atoms with E-state index in [1.54, 1.807) is 23.7 Å². The van der Waals surface area contributed by atoms with Crippen molar-refractivity contribution in [2.24, 2.45) is 0 Å². The van der Waals surface area contributed by atoms with Crippen molar-refractivity contribution in [3.8, 4) is 10.6 Å². The fourth-order valence-corrected chi connectivity index (χ4v) is 3.67. The SMILES string of the molecule is CN(C)c1cccc(C(=O)Nc2ccc(-c3nc4cnccc4s3)cc2)c1. The topological polar surface area (TPSA) is 58.1 Å². The van der Waals surface area contributed by atoms with Gasteiger partial charge in [-0.25, -0.2) is 4.98 Å². The third-order valence-electron chi connectivity index (χ3n) is 4.20. The lowest BCUT2D eigenvalue weighted by Gasteiger charge is -2.13. The van der Waals surface area contributed by atoms with Crippen LogP contribution < -0.4 is 10.2 Å². The number of nitrogens with zero attached hydrogens (tertiary/aromatic N) is 3. The normalized spacial score (nSPS) is 10.7. The largest absolute Gasteiger partial charge is 0.378 e. The molecule has 0 spiro atoms. The molecule has 0 saturated heterocycles. The number of hydrogen-bond acceptors (Lipinski definition) is 5. The molecular weight excluding hydrogens is 356 g/mol. The van der Waals surface area contributed by atoms with Gasteiger partial charge in [-0.1, -0.05) is 6.07 Å². The number of nitrogens with one attached hydrogen (secondary N) is 1. The van der Waals surface area contributed by atoms with Gasteiger partial charge in [0.05, 0.1) is 10.9 Å². The number of anilines is 2. The Balaban J connectivity index is 1.52. The lowest BCUT2D eigenvalue weighted by atomic mass is 10.1. The van der Waals surface area contributed by atoms with Gasteiger partial charge in [0.1, 0.15) is 10.5 Å². The fraction of sp³-hybridized carbons (Fsp3) is 0.0952. The first-order valence-corrected chi connectivity index (χ1v) is 9.31. The summed E-state index contributed by atoms with van der Waals surface area (Å²) < 4.78 is 1.11. The summed E-state index contributed by atoms with van der Waals surface area (Å²) in [6.07, 6.45) is 3.54. The number of amides is 1. The van der Waals surface area contributed by atoms with Gasteiger partial charge in [0.15, 0.2) is 0 Å². The zero-order valence-corrected chi connectivity index (χ0v) is 15.8. The second-order valence-corrected chi connectivity index (χ2v) is 7.37. The third-order valence-corrected chi connectivity index (χ3v) is 5.29. The number of thiazole rings is 1. The van der Waals surface area contributed by atoms with Crippen LogP contribution in [-0.2, 0) is 0 Å². The van der Waals surface area contributed by atoms with Gasteiger partial charge in [-0.05, 0) is 48.5 Å². The molecule has 4 rings (SSSR count). The van der Waals surface area contributed by atoms with E-state index in [0.29, 0.717) is 5.56 Å². The van der Waals surface area contributed by atoms with Gasteiger partial charge in [0, 0.05) is 42.8 Å². The van der Waals surface area contributed by atoms with Crippen molar-refractivity contribution in [2.75, 3.05) is 24.3 Å². The average Bonchev–Trinajstić information content (AvgIpc) is 3.13. The van der Waals surface area contributed by atoms with Crippen LogP contribution in [0.4, 0.5) is 11.4 Å². The molecule has 0 aliphatic heterocycles. The molecule has 0 bridgehead atoms. The molecule has 4 aromatic rings. The second-order valence-electron chi connectivity index (χ2n) is 6.34. The molecule has 2 heterocycles. The summed E-state index contributed by atoms with van der Waals surface area (Å²) in [5.74, 6) is -0.127. The Kier molecular flexibility index (Phi) is 4.56. The molecule has 0 unspecified atom stereocenters. The van der Waals surface area contributed by atoms with Crippen LogP contribution in [0.1, 0.15) is 10.4 Å². The first-order valence-electron chi connectivity index (χ1n) is 8.50. The van der Waals surface area contributed by atoms with Crippen LogP contribution in [0.15, 0.2) is 67.0 Å². The fourth-order valence-electron chi connectivity index (χ4n) is 2.73. The van der Waals surface area contributed by atoms with E-state index in [0.717, 1.165) is 32.2 Å². The standard InChI is InChI=1S/C21H18N4OS/c1-25(2)17-5-3-4-15(12-17)20(26)23-16-8-6-14(7-9-16)21-24-18-13-22-11-10-19(18)27-21/h3-13H,1-2H3,(H,23,26). The molecule has 0 saturated carbocycles. The van der Waals surface area contributed by atoms with Gasteiger partial charge >= 0.3 is 0 Å². The van der Waals surface area contributed by atoms with Crippen LogP contribution in [0.3, 0.4) is 0 Å². The van der Waals surface area contributed by atoms with E-state index in [4.69, 9.17) is 0 Å². The van der Waals surface area contributed by atoms with E-state index in [1.165, 1.54) is 0 Å². The Bertz CT molecular complexity index is 1070. The van der Waals surface area contributed by atoms with Crippen molar-refractivity contribution in [1.82, 2.24) is 9.97 Å². The van der Waals surface area contributed by atoms with Crippen LogP contribution >= 0.6 is 11.3 Å². The molecule has 1 N–H and O–H groups in total. The Morgan fingerprint density at radius 1 is 1.07 bits per heavy atom. The smallest absolute Gasteiger partial charge is 0.255 e. The van der Waals surface area contributed by atoms with Crippen LogP contribution in [0.5, 0.6) is 0 Å². The van der Waals surface area contributed by atoms with E-state index in [2.05, 4.69) is 15.3 Å². The van der Waals surface area contributed by atoms with Crippen LogP contribution in [0, 0.1) is 0 Å². The van der Waals surface area contributed by atoms with Gasteiger partial charge in [-0.3, -0.25) is 9.78 Å². The number of aromatic nitrogens is 2. The number of pyridine rings is 1. The molecule has 1 amide bonds. The molecule has 0 aliphatic carbocycles. The highest BCUT2D eigenvalue weighted by Crippen LogP contribution is 2.30. The Morgan fingerprint density at radius 3 is 2.63 bits per heavy atom. The lowest BCUT2D eigenvalue weighted by molar-refractivity contribution is 0.102. The van der Waals surface area contributed by atoms with Crippen molar-refractivity contribution in [3.05, 3.63) is 72.6 Å². The van der Waals surface area contributed by atoms with Gasteiger partial charge in [-0.2, -0.15) is 0 Å². The summed E-state index contributed by atoms with van der Waals surface area (Å²) in [6.45, 7) is 0. The van der Waals surface area contributed by atoms with E-state index >= 15 is 0 Å². The number of rotatable bonds is 4. The van der Waals surface area contributed by atoms with Crippen molar-refractivity contribution in [1.29, 1.82) is 0 Å². The number of carbonyl (C=O) groups excluding carboxylic acids is 1. The predicted molar refractivity (Wildman–Crippen MR) is 112 cm³/mol. The molecule has 134 valence electrons. The van der Waals surface area contributed by atoms with Crippen molar-refractivity contribution < 1.29 is 4.79 Å². The van der Waals surface area contributed by atoms with Crippen LogP contribution in [0.25, 0.3) is 20.8 Å². The summed E-state index contributed by atoms with van der Waals surface area (Å²) in [4.78, 5) is 23.2. The number of benzene rings is 2. The van der Waals surface area contributed by atoms with E-state index in [-0.39, 0.29) is 5.91 Å². The molecule has 0 fully saturated rings. The molecule has 5 nitrogen and oxygen atoms in total. The average molecular weight is 374 g/mol. The van der Waals surface area contributed by atoms with E-state index in [9.17, 15) is 4.79 Å². The Hall–Kier alpha value is -3.25. The highest BCUT2D eigenvalue weighted by atomic mass is 32.1. The number of carbonyl (C=O) groups is 1. The van der Waals surface area contributed by atoms with Gasteiger partial charge in [-0.15, -0.1) is 11.3 Å². The van der Waals surface area contributed by atoms with Crippen molar-refractivity contribution in [2.45, 2.75) is 0 Å². The predicted octanol–water partition coefficient (Wildman–Crippen LogP) is 4.68. The maximum atomic E-state index is 12.5. The molecule has 2 aromatic heterocycles. The molecule has 0 atom stereocenters. The van der Waals surface area contributed by atoms with Crippen molar-refractivity contribution in [3.63, 3.8) is 0 Å². The van der Waals surface area contributed by atoms with Crippen LogP contribution in [-0.4, -0.2) is 30.0 Å². The molecule has 2 aromatic carbocycles. The molecule has 6 heteroatoms. The quantitative estimate of drug-likeness (QED) is 0.564. The number of fused-ring (bicyclic) bond motifs is 1. The van der Waals surface area contributed by atoms with Gasteiger partial charge < -0.3 is 10.2 Å². The number of hydrogen-bond donors (Lipinski definition) is 1. The van der Waals surface area contributed by atoms with E-state index < -0.39 is 0 Å². The first kappa shape index (κ1) is 17.2. The maximum Gasteiger partial charge on any atom is 0.255 e. The summed E-state index contributed by atoms with van der Waals surface area (Å²) >= 11 is 1.63. The Morgan fingerprint density at radius 2 is 1.89 bits per heavy atom. The van der Waals surface area contributed by atoms with Gasteiger partial charge in [0.25, 0.3) is 5.91 Å². The van der Waals surface area contributed by atoms with Crippen LogP contribution in [0.2, 0.25) is 0 Å². The minimum Gasteiger partial charge on any atom is -0.378 e. The highest BCUT2D eigenvalue weighted by Gasteiger charge is 2.09. The minimum atomic E-state index is -0.127. The monoisotopic (exact) mass is 374 g/mol. The Labute approximate surface area is 161 Å². The zero-order valence-electron chi connectivity index (χ0n) is 15.0. The van der Waals surface area contributed by atoms with Gasteiger partial charge in [0.2, 0.25) is 0 Å². The maximum absolute atomic E-state index is 12.5. The molecular formula is C21H18N4OS. The zero-order chi connectivity index (χ0) is 18.8. The summed E-state index contributed by atoms with van der Waals surface area (Å²) in [7, 11) is 3.90. The summed E-state index contributed by atoms with van der Waals surface area (Å²) in [5.41, 5.74) is 4.29. The molecule has 0 aliphatic rings.